The van der Waals surface area contributed by atoms with Crippen molar-refractivity contribution in [3.63, 3.8) is 0 Å². The van der Waals surface area contributed by atoms with Crippen molar-refractivity contribution in [2.75, 3.05) is 16.8 Å². The highest BCUT2D eigenvalue weighted by atomic mass is 16.2. The van der Waals surface area contributed by atoms with E-state index in [-0.39, 0.29) is 5.91 Å². The molecule has 0 saturated carbocycles. The second kappa shape index (κ2) is 7.00. The molecule has 4 nitrogen and oxygen atoms in total. The Bertz CT molecular complexity index is 934. The first-order valence-corrected chi connectivity index (χ1v) is 8.86. The number of carbonyl (C=O) groups is 1. The zero-order valence-electron chi connectivity index (χ0n) is 14.8. The quantitative estimate of drug-likeness (QED) is 0.772. The number of aryl methyl sites for hydroxylation is 1. The molecule has 0 fully saturated rings. The molecule has 0 saturated heterocycles. The molecular formula is C22H21N3O. The van der Waals surface area contributed by atoms with Crippen LogP contribution in [-0.2, 0) is 13.0 Å². The van der Waals surface area contributed by atoms with E-state index in [1.54, 1.807) is 12.3 Å². The number of carbonyl (C=O) groups excluding carboxylic acids is 1. The van der Waals surface area contributed by atoms with Crippen molar-refractivity contribution in [2.45, 2.75) is 19.9 Å². The Morgan fingerprint density at radius 3 is 2.81 bits per heavy atom. The molecule has 1 aliphatic rings. The smallest absolute Gasteiger partial charge is 0.276 e. The second-order valence-corrected chi connectivity index (χ2v) is 6.61. The van der Waals surface area contributed by atoms with E-state index < -0.39 is 0 Å². The van der Waals surface area contributed by atoms with Crippen molar-refractivity contribution < 1.29 is 4.79 Å². The maximum atomic E-state index is 12.8. The van der Waals surface area contributed by atoms with E-state index >= 15 is 0 Å². The lowest BCUT2D eigenvalue weighted by Gasteiger charge is -2.17. The number of amides is 1. The Hall–Kier alpha value is -3.14. The SMILES string of the molecule is Cc1cccc(CNc2ccc(C(=O)N3CCc4ccccc43)nc2)c1. The van der Waals surface area contributed by atoms with Gasteiger partial charge in [-0.2, -0.15) is 0 Å². The minimum absolute atomic E-state index is 0.0415. The van der Waals surface area contributed by atoms with Gasteiger partial charge in [-0.15, -0.1) is 0 Å². The van der Waals surface area contributed by atoms with Gasteiger partial charge in [0.25, 0.3) is 5.91 Å². The van der Waals surface area contributed by atoms with Gasteiger partial charge >= 0.3 is 0 Å². The molecule has 0 bridgehead atoms. The number of hydrogen-bond donors (Lipinski definition) is 1. The fourth-order valence-electron chi connectivity index (χ4n) is 3.34. The Kier molecular flexibility index (Phi) is 4.40. The molecule has 130 valence electrons. The molecule has 4 rings (SSSR count). The highest BCUT2D eigenvalue weighted by Crippen LogP contribution is 2.28. The lowest BCUT2D eigenvalue weighted by atomic mass is 10.1. The highest BCUT2D eigenvalue weighted by molar-refractivity contribution is 6.06. The molecule has 4 heteroatoms. The van der Waals surface area contributed by atoms with E-state index in [0.29, 0.717) is 12.2 Å². The van der Waals surface area contributed by atoms with Crippen LogP contribution in [0.25, 0.3) is 0 Å². The first-order valence-electron chi connectivity index (χ1n) is 8.86. The molecule has 2 heterocycles. The Labute approximate surface area is 153 Å². The number of nitrogens with one attached hydrogen (secondary N) is 1. The van der Waals surface area contributed by atoms with Crippen molar-refractivity contribution in [1.82, 2.24) is 4.98 Å². The van der Waals surface area contributed by atoms with Gasteiger partial charge in [-0.3, -0.25) is 4.79 Å². The Morgan fingerprint density at radius 1 is 1.12 bits per heavy atom. The molecule has 1 aliphatic heterocycles. The van der Waals surface area contributed by atoms with Crippen molar-refractivity contribution in [1.29, 1.82) is 0 Å². The average molecular weight is 343 g/mol. The maximum Gasteiger partial charge on any atom is 0.276 e. The van der Waals surface area contributed by atoms with Gasteiger partial charge in [0.2, 0.25) is 0 Å². The maximum absolute atomic E-state index is 12.8. The number of aromatic nitrogens is 1. The number of hydrogen-bond acceptors (Lipinski definition) is 3. The monoisotopic (exact) mass is 343 g/mol. The number of rotatable bonds is 4. The molecule has 1 N–H and O–H groups in total. The summed E-state index contributed by atoms with van der Waals surface area (Å²) in [6, 6.07) is 20.2. The Balaban J connectivity index is 1.44. The number of benzene rings is 2. The van der Waals surface area contributed by atoms with Crippen LogP contribution in [0.1, 0.15) is 27.2 Å². The predicted molar refractivity (Wildman–Crippen MR) is 105 cm³/mol. The fourth-order valence-corrected chi connectivity index (χ4v) is 3.34. The van der Waals surface area contributed by atoms with Crippen molar-refractivity contribution >= 4 is 17.3 Å². The van der Waals surface area contributed by atoms with Crippen LogP contribution >= 0.6 is 0 Å². The van der Waals surface area contributed by atoms with Gasteiger partial charge in [-0.1, -0.05) is 48.0 Å². The number of anilines is 2. The average Bonchev–Trinajstić information content (AvgIpc) is 3.10. The van der Waals surface area contributed by atoms with Gasteiger partial charge in [-0.05, 0) is 42.7 Å². The molecule has 0 unspecified atom stereocenters. The summed E-state index contributed by atoms with van der Waals surface area (Å²) in [5, 5.41) is 3.35. The van der Waals surface area contributed by atoms with Crippen LogP contribution in [0.2, 0.25) is 0 Å². The lowest BCUT2D eigenvalue weighted by Crippen LogP contribution is -2.29. The van der Waals surface area contributed by atoms with Gasteiger partial charge in [0.15, 0.2) is 0 Å². The number of para-hydroxylation sites is 1. The van der Waals surface area contributed by atoms with Crippen LogP contribution in [0.4, 0.5) is 11.4 Å². The van der Waals surface area contributed by atoms with E-state index in [1.807, 2.05) is 29.2 Å². The van der Waals surface area contributed by atoms with E-state index in [9.17, 15) is 4.79 Å². The minimum atomic E-state index is -0.0415. The molecule has 1 aromatic heterocycles. The van der Waals surface area contributed by atoms with Gasteiger partial charge in [-0.25, -0.2) is 4.98 Å². The number of pyridine rings is 1. The third-order valence-electron chi connectivity index (χ3n) is 4.69. The lowest BCUT2D eigenvalue weighted by molar-refractivity contribution is 0.0984. The zero-order valence-corrected chi connectivity index (χ0v) is 14.8. The predicted octanol–water partition coefficient (Wildman–Crippen LogP) is 4.21. The van der Waals surface area contributed by atoms with Crippen LogP contribution in [0.15, 0.2) is 66.9 Å². The van der Waals surface area contributed by atoms with Crippen LogP contribution in [0.3, 0.4) is 0 Å². The van der Waals surface area contributed by atoms with Crippen molar-refractivity contribution in [2.24, 2.45) is 0 Å². The van der Waals surface area contributed by atoms with Crippen LogP contribution in [-0.4, -0.2) is 17.4 Å². The number of nitrogens with zero attached hydrogens (tertiary/aromatic N) is 2. The van der Waals surface area contributed by atoms with Crippen LogP contribution < -0.4 is 10.2 Å². The normalized spacial score (nSPS) is 12.7. The standard InChI is InChI=1S/C22H21N3O/c1-16-5-4-6-17(13-16)14-23-19-9-10-20(24-15-19)22(26)25-12-11-18-7-2-3-8-21(18)25/h2-10,13,15,23H,11-12,14H2,1H3. The zero-order chi connectivity index (χ0) is 17.9. The first kappa shape index (κ1) is 16.3. The summed E-state index contributed by atoms with van der Waals surface area (Å²) >= 11 is 0. The van der Waals surface area contributed by atoms with Crippen molar-refractivity contribution in [3.8, 4) is 0 Å². The molecule has 3 aromatic rings. The first-order chi connectivity index (χ1) is 12.7. The van der Waals surface area contributed by atoms with E-state index in [2.05, 4.69) is 47.6 Å². The molecular weight excluding hydrogens is 322 g/mol. The van der Waals surface area contributed by atoms with E-state index in [1.165, 1.54) is 16.7 Å². The van der Waals surface area contributed by atoms with E-state index in [4.69, 9.17) is 0 Å². The largest absolute Gasteiger partial charge is 0.380 e. The topological polar surface area (TPSA) is 45.2 Å². The summed E-state index contributed by atoms with van der Waals surface area (Å²) < 4.78 is 0. The molecule has 2 aromatic carbocycles. The summed E-state index contributed by atoms with van der Waals surface area (Å²) in [5.74, 6) is -0.0415. The molecule has 0 spiro atoms. The summed E-state index contributed by atoms with van der Waals surface area (Å²) in [7, 11) is 0. The molecule has 26 heavy (non-hydrogen) atoms. The summed E-state index contributed by atoms with van der Waals surface area (Å²) in [4.78, 5) is 19.0. The van der Waals surface area contributed by atoms with Crippen LogP contribution in [0, 0.1) is 6.92 Å². The summed E-state index contributed by atoms with van der Waals surface area (Å²) in [6.45, 7) is 3.53. The molecule has 0 atom stereocenters. The Morgan fingerprint density at radius 2 is 2.00 bits per heavy atom. The summed E-state index contributed by atoms with van der Waals surface area (Å²) in [5.41, 5.74) is 6.07. The fraction of sp³-hybridized carbons (Fsp3) is 0.182. The van der Waals surface area contributed by atoms with Gasteiger partial charge < -0.3 is 10.2 Å². The van der Waals surface area contributed by atoms with Gasteiger partial charge in [0.05, 0.1) is 11.9 Å². The highest BCUT2D eigenvalue weighted by Gasteiger charge is 2.25. The summed E-state index contributed by atoms with van der Waals surface area (Å²) in [6.07, 6.45) is 2.63. The second-order valence-electron chi connectivity index (χ2n) is 6.61. The molecule has 1 amide bonds. The molecule has 0 aliphatic carbocycles. The number of fused-ring (bicyclic) bond motifs is 1. The van der Waals surface area contributed by atoms with Crippen molar-refractivity contribution in [3.05, 3.63) is 89.2 Å². The van der Waals surface area contributed by atoms with Crippen LogP contribution in [0.5, 0.6) is 0 Å². The third kappa shape index (κ3) is 3.31. The van der Waals surface area contributed by atoms with Gasteiger partial charge in [0, 0.05) is 18.8 Å². The van der Waals surface area contributed by atoms with E-state index in [0.717, 1.165) is 24.3 Å². The minimum Gasteiger partial charge on any atom is -0.380 e. The third-order valence-corrected chi connectivity index (χ3v) is 4.69. The van der Waals surface area contributed by atoms with Gasteiger partial charge in [0.1, 0.15) is 5.69 Å². The molecule has 0 radical (unpaired) electrons.